The lowest BCUT2D eigenvalue weighted by Gasteiger charge is -2.24. The molecular weight excluding hydrogens is 420 g/mol. The van der Waals surface area contributed by atoms with Crippen molar-refractivity contribution in [3.8, 4) is 0 Å². The molecule has 0 saturated heterocycles. The normalized spacial score (nSPS) is 16.2. The Kier molecular flexibility index (Phi) is 6.32. The standard InChI is InChI=1S/C26H24N2O3S/c1-4-31-25(30)22-18(3)27-26-28(23(22)20-15-13-17(2)14-16-20)24(29)21(32-26)12-8-11-19-9-6-5-7-10-19/h5-16,23H,4H2,1-3H3/b11-8+,21-12?/t23-/m1/s1. The van der Waals surface area contributed by atoms with E-state index in [1.54, 1.807) is 24.5 Å². The van der Waals surface area contributed by atoms with Crippen LogP contribution in [0.4, 0.5) is 0 Å². The van der Waals surface area contributed by atoms with E-state index in [0.29, 0.717) is 20.6 Å². The van der Waals surface area contributed by atoms with Gasteiger partial charge in [-0.15, -0.1) is 0 Å². The zero-order chi connectivity index (χ0) is 22.7. The number of thiazole rings is 1. The van der Waals surface area contributed by atoms with Crippen LogP contribution in [0.5, 0.6) is 0 Å². The van der Waals surface area contributed by atoms with Crippen molar-refractivity contribution < 1.29 is 9.53 Å². The van der Waals surface area contributed by atoms with Gasteiger partial charge < -0.3 is 4.74 Å². The number of carbonyl (C=O) groups is 1. The number of aryl methyl sites for hydroxylation is 1. The van der Waals surface area contributed by atoms with Crippen molar-refractivity contribution in [2.45, 2.75) is 26.8 Å². The number of hydrogen-bond acceptors (Lipinski definition) is 5. The SMILES string of the molecule is CCOC(=O)C1=C(C)N=c2sc(=C/C=C/c3ccccc3)c(=O)n2[C@@H]1c1ccc(C)cc1. The number of benzene rings is 2. The van der Waals surface area contributed by atoms with Crippen LogP contribution < -0.4 is 14.9 Å². The molecule has 1 aromatic heterocycles. The Balaban J connectivity index is 1.86. The Morgan fingerprint density at radius 3 is 2.53 bits per heavy atom. The third kappa shape index (κ3) is 4.27. The molecule has 32 heavy (non-hydrogen) atoms. The molecule has 0 N–H and O–H groups in total. The number of allylic oxidation sites excluding steroid dienone is 2. The molecule has 1 atom stereocenters. The quantitative estimate of drug-likeness (QED) is 0.563. The van der Waals surface area contributed by atoms with Gasteiger partial charge in [0.05, 0.1) is 28.5 Å². The number of aromatic nitrogens is 1. The molecule has 0 radical (unpaired) electrons. The number of fused-ring (bicyclic) bond motifs is 1. The molecule has 162 valence electrons. The van der Waals surface area contributed by atoms with Gasteiger partial charge in [-0.25, -0.2) is 9.79 Å². The van der Waals surface area contributed by atoms with E-state index in [1.165, 1.54) is 11.3 Å². The third-order valence-electron chi connectivity index (χ3n) is 5.25. The van der Waals surface area contributed by atoms with E-state index in [2.05, 4.69) is 4.99 Å². The molecule has 3 aromatic rings. The summed E-state index contributed by atoms with van der Waals surface area (Å²) in [5.74, 6) is -0.447. The first-order valence-electron chi connectivity index (χ1n) is 10.5. The third-order valence-corrected chi connectivity index (χ3v) is 6.25. The second kappa shape index (κ2) is 9.32. The van der Waals surface area contributed by atoms with E-state index in [4.69, 9.17) is 4.74 Å². The van der Waals surface area contributed by atoms with Crippen LogP contribution in [0, 0.1) is 6.92 Å². The van der Waals surface area contributed by atoms with E-state index in [1.807, 2.05) is 73.7 Å². The number of rotatable bonds is 5. The van der Waals surface area contributed by atoms with Crippen LogP contribution in [-0.4, -0.2) is 17.1 Å². The van der Waals surface area contributed by atoms with Crippen molar-refractivity contribution in [3.05, 3.63) is 108 Å². The van der Waals surface area contributed by atoms with Crippen LogP contribution >= 0.6 is 11.3 Å². The van der Waals surface area contributed by atoms with Crippen molar-refractivity contribution in [2.24, 2.45) is 4.99 Å². The van der Waals surface area contributed by atoms with Crippen molar-refractivity contribution in [2.75, 3.05) is 6.61 Å². The van der Waals surface area contributed by atoms with Gasteiger partial charge in [0.1, 0.15) is 0 Å². The highest BCUT2D eigenvalue weighted by Gasteiger charge is 2.33. The molecule has 0 amide bonds. The maximum Gasteiger partial charge on any atom is 0.338 e. The fraction of sp³-hybridized carbons (Fsp3) is 0.192. The van der Waals surface area contributed by atoms with Gasteiger partial charge in [0.2, 0.25) is 0 Å². The van der Waals surface area contributed by atoms with Crippen LogP contribution in [0.2, 0.25) is 0 Å². The minimum Gasteiger partial charge on any atom is -0.463 e. The summed E-state index contributed by atoms with van der Waals surface area (Å²) in [6.45, 7) is 5.81. The Labute approximate surface area is 190 Å². The minimum atomic E-state index is -0.578. The van der Waals surface area contributed by atoms with Crippen molar-refractivity contribution >= 4 is 29.5 Å². The second-order valence-corrected chi connectivity index (χ2v) is 8.51. The number of hydrogen-bond donors (Lipinski definition) is 0. The van der Waals surface area contributed by atoms with Gasteiger partial charge in [-0.1, -0.05) is 83.6 Å². The van der Waals surface area contributed by atoms with Crippen LogP contribution in [0.3, 0.4) is 0 Å². The minimum absolute atomic E-state index is 0.175. The summed E-state index contributed by atoms with van der Waals surface area (Å²) in [6.07, 6.45) is 5.61. The highest BCUT2D eigenvalue weighted by Crippen LogP contribution is 2.30. The predicted molar refractivity (Wildman–Crippen MR) is 128 cm³/mol. The maximum absolute atomic E-state index is 13.4. The first kappa shape index (κ1) is 21.7. The topological polar surface area (TPSA) is 60.7 Å². The van der Waals surface area contributed by atoms with Gasteiger partial charge in [0, 0.05) is 0 Å². The zero-order valence-electron chi connectivity index (χ0n) is 18.2. The zero-order valence-corrected chi connectivity index (χ0v) is 19.1. The summed E-state index contributed by atoms with van der Waals surface area (Å²) in [4.78, 5) is 31.4. The Hall–Kier alpha value is -3.51. The number of nitrogens with zero attached hydrogens (tertiary/aromatic N) is 2. The highest BCUT2D eigenvalue weighted by molar-refractivity contribution is 7.07. The number of ether oxygens (including phenoxy) is 1. The lowest BCUT2D eigenvalue weighted by molar-refractivity contribution is -0.139. The van der Waals surface area contributed by atoms with Gasteiger partial charge in [-0.05, 0) is 38.0 Å². The fourth-order valence-corrected chi connectivity index (χ4v) is 4.68. The van der Waals surface area contributed by atoms with Crippen molar-refractivity contribution in [1.29, 1.82) is 0 Å². The van der Waals surface area contributed by atoms with Gasteiger partial charge in [-0.2, -0.15) is 0 Å². The number of esters is 1. The van der Waals surface area contributed by atoms with Crippen LogP contribution in [0.25, 0.3) is 12.2 Å². The van der Waals surface area contributed by atoms with Crippen LogP contribution in [0.15, 0.2) is 81.7 Å². The van der Waals surface area contributed by atoms with Crippen LogP contribution in [-0.2, 0) is 9.53 Å². The molecule has 0 bridgehead atoms. The first-order chi connectivity index (χ1) is 15.5. The molecule has 1 aliphatic rings. The average molecular weight is 445 g/mol. The maximum atomic E-state index is 13.4. The molecule has 1 aliphatic heterocycles. The fourth-order valence-electron chi connectivity index (χ4n) is 3.68. The smallest absolute Gasteiger partial charge is 0.338 e. The Morgan fingerprint density at radius 1 is 1.12 bits per heavy atom. The van der Waals surface area contributed by atoms with Crippen molar-refractivity contribution in [3.63, 3.8) is 0 Å². The largest absolute Gasteiger partial charge is 0.463 e. The van der Waals surface area contributed by atoms with E-state index in [-0.39, 0.29) is 12.2 Å². The molecular formula is C26H24N2O3S. The summed E-state index contributed by atoms with van der Waals surface area (Å²) in [6, 6.07) is 17.2. The molecule has 0 unspecified atom stereocenters. The average Bonchev–Trinajstić information content (AvgIpc) is 3.09. The van der Waals surface area contributed by atoms with Gasteiger partial charge >= 0.3 is 5.97 Å². The summed E-state index contributed by atoms with van der Waals surface area (Å²) in [5, 5.41) is 0. The molecule has 0 aliphatic carbocycles. The highest BCUT2D eigenvalue weighted by atomic mass is 32.1. The van der Waals surface area contributed by atoms with E-state index in [0.717, 1.165) is 16.7 Å². The summed E-state index contributed by atoms with van der Waals surface area (Å²) >= 11 is 1.32. The molecule has 4 rings (SSSR count). The molecule has 6 heteroatoms. The lowest BCUT2D eigenvalue weighted by atomic mass is 9.95. The lowest BCUT2D eigenvalue weighted by Crippen LogP contribution is -2.39. The molecule has 2 aromatic carbocycles. The number of carbonyl (C=O) groups excluding carboxylic acids is 1. The first-order valence-corrected chi connectivity index (χ1v) is 11.3. The molecule has 0 spiro atoms. The predicted octanol–water partition coefficient (Wildman–Crippen LogP) is 3.77. The van der Waals surface area contributed by atoms with Crippen molar-refractivity contribution in [1.82, 2.24) is 4.57 Å². The van der Waals surface area contributed by atoms with Gasteiger partial charge in [-0.3, -0.25) is 9.36 Å². The molecule has 5 nitrogen and oxygen atoms in total. The van der Waals surface area contributed by atoms with Gasteiger partial charge in [0.25, 0.3) is 5.56 Å². The van der Waals surface area contributed by atoms with E-state index in [9.17, 15) is 9.59 Å². The summed E-state index contributed by atoms with van der Waals surface area (Å²) in [7, 11) is 0. The molecule has 0 saturated carbocycles. The van der Waals surface area contributed by atoms with E-state index >= 15 is 0 Å². The monoisotopic (exact) mass is 444 g/mol. The summed E-state index contributed by atoms with van der Waals surface area (Å²) in [5.41, 5.74) is 3.79. The summed E-state index contributed by atoms with van der Waals surface area (Å²) < 4.78 is 7.48. The molecule has 0 fully saturated rings. The Morgan fingerprint density at radius 2 is 1.84 bits per heavy atom. The van der Waals surface area contributed by atoms with Gasteiger partial charge in [0.15, 0.2) is 4.80 Å². The van der Waals surface area contributed by atoms with E-state index < -0.39 is 12.0 Å². The Bertz CT molecular complexity index is 1380. The van der Waals surface area contributed by atoms with Crippen LogP contribution in [0.1, 0.15) is 36.6 Å². The molecule has 2 heterocycles. The second-order valence-electron chi connectivity index (χ2n) is 7.51.